The minimum atomic E-state index is -1.57. The van der Waals surface area contributed by atoms with Gasteiger partial charge in [-0.2, -0.15) is 10.4 Å². The Kier molecular flexibility index (Phi) is 4.46. The van der Waals surface area contributed by atoms with Crippen LogP contribution in [-0.4, -0.2) is 20.9 Å². The molecule has 26 heavy (non-hydrogen) atoms. The summed E-state index contributed by atoms with van der Waals surface area (Å²) in [5.41, 5.74) is 1.36. The molecule has 1 heterocycles. The van der Waals surface area contributed by atoms with Gasteiger partial charge in [0.15, 0.2) is 11.2 Å². The molecule has 0 aliphatic heterocycles. The van der Waals surface area contributed by atoms with Crippen LogP contribution in [0.2, 0.25) is 0 Å². The van der Waals surface area contributed by atoms with Crippen molar-refractivity contribution in [2.75, 3.05) is 5.32 Å². The summed E-state index contributed by atoms with van der Waals surface area (Å²) < 4.78 is 1.76. The number of anilines is 2. The SMILES string of the molecule is Cc1cc(Nc2ccn(-c3ccccc3)n2)ccc1C(C)(C#N)C(=O)O. The summed E-state index contributed by atoms with van der Waals surface area (Å²) in [6.45, 7) is 3.20. The minimum absolute atomic E-state index is 0.480. The van der Waals surface area contributed by atoms with Gasteiger partial charge in [-0.25, -0.2) is 4.68 Å². The Hall–Kier alpha value is -3.59. The third-order valence-corrected chi connectivity index (χ3v) is 4.30. The Morgan fingerprint density at radius 2 is 1.96 bits per heavy atom. The maximum atomic E-state index is 11.5. The van der Waals surface area contributed by atoms with Crippen LogP contribution in [0.1, 0.15) is 18.1 Å². The minimum Gasteiger partial charge on any atom is -0.480 e. The summed E-state index contributed by atoms with van der Waals surface area (Å²) in [7, 11) is 0. The van der Waals surface area contributed by atoms with E-state index in [1.807, 2.05) is 54.7 Å². The highest BCUT2D eigenvalue weighted by Crippen LogP contribution is 2.29. The fourth-order valence-corrected chi connectivity index (χ4v) is 2.79. The smallest absolute Gasteiger partial charge is 0.328 e. The van der Waals surface area contributed by atoms with Crippen molar-refractivity contribution in [1.82, 2.24) is 9.78 Å². The zero-order chi connectivity index (χ0) is 18.7. The first-order chi connectivity index (χ1) is 12.4. The van der Waals surface area contributed by atoms with E-state index in [0.717, 1.165) is 16.9 Å². The lowest BCUT2D eigenvalue weighted by atomic mass is 9.81. The lowest BCUT2D eigenvalue weighted by Gasteiger charge is -2.19. The second-order valence-electron chi connectivity index (χ2n) is 6.18. The maximum absolute atomic E-state index is 11.5. The molecule has 0 fully saturated rings. The molecule has 6 heteroatoms. The third kappa shape index (κ3) is 3.15. The largest absolute Gasteiger partial charge is 0.480 e. The van der Waals surface area contributed by atoms with E-state index in [0.29, 0.717) is 11.4 Å². The van der Waals surface area contributed by atoms with Crippen molar-refractivity contribution < 1.29 is 9.90 Å². The number of carbonyl (C=O) groups is 1. The Labute approximate surface area is 151 Å². The molecule has 0 radical (unpaired) electrons. The lowest BCUT2D eigenvalue weighted by molar-refractivity contribution is -0.141. The predicted octanol–water partition coefficient (Wildman–Crippen LogP) is 3.79. The van der Waals surface area contributed by atoms with Crippen molar-refractivity contribution in [3.8, 4) is 11.8 Å². The van der Waals surface area contributed by atoms with Crippen molar-refractivity contribution in [2.24, 2.45) is 0 Å². The van der Waals surface area contributed by atoms with Gasteiger partial charge in [-0.3, -0.25) is 4.79 Å². The number of aliphatic carboxylic acids is 1. The molecule has 0 saturated heterocycles. The Morgan fingerprint density at radius 3 is 2.58 bits per heavy atom. The maximum Gasteiger partial charge on any atom is 0.328 e. The van der Waals surface area contributed by atoms with Crippen molar-refractivity contribution in [3.63, 3.8) is 0 Å². The van der Waals surface area contributed by atoms with E-state index < -0.39 is 11.4 Å². The van der Waals surface area contributed by atoms with E-state index in [1.54, 1.807) is 23.7 Å². The van der Waals surface area contributed by atoms with Gasteiger partial charge in [-0.05, 0) is 49.2 Å². The first-order valence-corrected chi connectivity index (χ1v) is 8.08. The molecule has 1 aromatic heterocycles. The summed E-state index contributed by atoms with van der Waals surface area (Å²) >= 11 is 0. The molecule has 1 atom stereocenters. The number of nitriles is 1. The standard InChI is InChI=1S/C20H18N4O2/c1-14-12-15(8-9-17(14)20(2,13-21)19(25)26)22-18-10-11-24(23-18)16-6-4-3-5-7-16/h3-12H,1-2H3,(H,22,23)(H,25,26). The second kappa shape index (κ2) is 6.73. The van der Waals surface area contributed by atoms with Crippen LogP contribution in [0.4, 0.5) is 11.5 Å². The summed E-state index contributed by atoms with van der Waals surface area (Å²) in [4.78, 5) is 11.5. The van der Waals surface area contributed by atoms with Crippen molar-refractivity contribution in [1.29, 1.82) is 5.26 Å². The van der Waals surface area contributed by atoms with Gasteiger partial charge in [0.25, 0.3) is 0 Å². The highest BCUT2D eigenvalue weighted by atomic mass is 16.4. The van der Waals surface area contributed by atoms with Gasteiger partial charge in [-0.1, -0.05) is 24.3 Å². The van der Waals surface area contributed by atoms with Crippen LogP contribution in [0, 0.1) is 18.3 Å². The van der Waals surface area contributed by atoms with Crippen LogP contribution in [0.25, 0.3) is 5.69 Å². The monoisotopic (exact) mass is 346 g/mol. The van der Waals surface area contributed by atoms with Gasteiger partial charge < -0.3 is 10.4 Å². The molecule has 0 spiro atoms. The Balaban J connectivity index is 1.84. The molecule has 130 valence electrons. The number of aryl methyl sites for hydroxylation is 1. The quantitative estimate of drug-likeness (QED) is 0.733. The normalized spacial score (nSPS) is 12.8. The topological polar surface area (TPSA) is 90.9 Å². The Morgan fingerprint density at radius 1 is 1.23 bits per heavy atom. The van der Waals surface area contributed by atoms with Crippen LogP contribution in [0.5, 0.6) is 0 Å². The van der Waals surface area contributed by atoms with E-state index in [9.17, 15) is 15.2 Å². The van der Waals surface area contributed by atoms with E-state index in [2.05, 4.69) is 10.4 Å². The number of nitrogens with one attached hydrogen (secondary N) is 1. The predicted molar refractivity (Wildman–Crippen MR) is 98.6 cm³/mol. The number of carboxylic acid groups (broad SMARTS) is 1. The van der Waals surface area contributed by atoms with Crippen molar-refractivity contribution >= 4 is 17.5 Å². The number of para-hydroxylation sites is 1. The van der Waals surface area contributed by atoms with Gasteiger partial charge in [0.05, 0.1) is 11.8 Å². The highest BCUT2D eigenvalue weighted by Gasteiger charge is 2.36. The fourth-order valence-electron chi connectivity index (χ4n) is 2.79. The molecule has 0 aliphatic rings. The number of hydrogen-bond acceptors (Lipinski definition) is 4. The van der Waals surface area contributed by atoms with Crippen LogP contribution < -0.4 is 5.32 Å². The van der Waals surface area contributed by atoms with Crippen LogP contribution >= 0.6 is 0 Å². The molecule has 0 bridgehead atoms. The number of aromatic nitrogens is 2. The van der Waals surface area contributed by atoms with Crippen LogP contribution in [0.3, 0.4) is 0 Å². The van der Waals surface area contributed by atoms with E-state index in [4.69, 9.17) is 0 Å². The average Bonchev–Trinajstić information content (AvgIpc) is 3.10. The average molecular weight is 346 g/mol. The van der Waals surface area contributed by atoms with Gasteiger partial charge in [0, 0.05) is 18.0 Å². The summed E-state index contributed by atoms with van der Waals surface area (Å²) in [6, 6.07) is 18.7. The van der Waals surface area contributed by atoms with Gasteiger partial charge >= 0.3 is 5.97 Å². The number of hydrogen-bond donors (Lipinski definition) is 2. The van der Waals surface area contributed by atoms with Crippen molar-refractivity contribution in [2.45, 2.75) is 19.3 Å². The second-order valence-corrected chi connectivity index (χ2v) is 6.18. The molecular formula is C20H18N4O2. The third-order valence-electron chi connectivity index (χ3n) is 4.30. The molecule has 3 aromatic rings. The Bertz CT molecular complexity index is 989. The van der Waals surface area contributed by atoms with Gasteiger partial charge in [-0.15, -0.1) is 0 Å². The number of benzene rings is 2. The molecule has 3 rings (SSSR count). The molecule has 0 saturated carbocycles. The van der Waals surface area contributed by atoms with Crippen LogP contribution in [0.15, 0.2) is 60.8 Å². The zero-order valence-corrected chi connectivity index (χ0v) is 14.5. The molecule has 2 aromatic carbocycles. The zero-order valence-electron chi connectivity index (χ0n) is 14.5. The summed E-state index contributed by atoms with van der Waals surface area (Å²) in [5, 5.41) is 26.3. The van der Waals surface area contributed by atoms with E-state index in [-0.39, 0.29) is 0 Å². The first kappa shape index (κ1) is 17.2. The lowest BCUT2D eigenvalue weighted by Crippen LogP contribution is -2.31. The van der Waals surface area contributed by atoms with Gasteiger partial charge in [0.2, 0.25) is 0 Å². The molecular weight excluding hydrogens is 328 g/mol. The molecule has 0 amide bonds. The number of nitrogens with zero attached hydrogens (tertiary/aromatic N) is 3. The van der Waals surface area contributed by atoms with E-state index >= 15 is 0 Å². The molecule has 6 nitrogen and oxygen atoms in total. The molecule has 0 aliphatic carbocycles. The fraction of sp³-hybridized carbons (Fsp3) is 0.150. The highest BCUT2D eigenvalue weighted by molar-refractivity contribution is 5.85. The number of carboxylic acids is 1. The molecule has 1 unspecified atom stereocenters. The summed E-state index contributed by atoms with van der Waals surface area (Å²) in [5.74, 6) is -0.493. The van der Waals surface area contributed by atoms with Crippen LogP contribution in [-0.2, 0) is 10.2 Å². The molecule has 2 N–H and O–H groups in total. The summed E-state index contributed by atoms with van der Waals surface area (Å²) in [6.07, 6.45) is 1.86. The van der Waals surface area contributed by atoms with Crippen molar-refractivity contribution in [3.05, 3.63) is 71.9 Å². The van der Waals surface area contributed by atoms with Gasteiger partial charge in [0.1, 0.15) is 0 Å². The first-order valence-electron chi connectivity index (χ1n) is 8.08. The number of rotatable bonds is 5. The van der Waals surface area contributed by atoms with E-state index in [1.165, 1.54) is 6.92 Å².